The van der Waals surface area contributed by atoms with Crippen LogP contribution in [0.1, 0.15) is 49.4 Å². The molecule has 1 unspecified atom stereocenters. The van der Waals surface area contributed by atoms with E-state index in [1.54, 1.807) is 6.92 Å². The van der Waals surface area contributed by atoms with Crippen molar-refractivity contribution in [2.24, 2.45) is 5.92 Å². The molecule has 0 radical (unpaired) electrons. The van der Waals surface area contributed by atoms with Crippen LogP contribution in [-0.4, -0.2) is 25.2 Å². The number of anilines is 1. The molecule has 1 aromatic rings. The molecule has 2 rings (SSSR count). The topological polar surface area (TPSA) is 37.4 Å². The summed E-state index contributed by atoms with van der Waals surface area (Å²) in [5, 5.41) is 0. The zero-order valence-electron chi connectivity index (χ0n) is 12.2. The number of nitrogens with zero attached hydrogens (tertiary/aromatic N) is 1. The lowest BCUT2D eigenvalue weighted by Gasteiger charge is -2.23. The third-order valence-corrected chi connectivity index (χ3v) is 4.15. The van der Waals surface area contributed by atoms with E-state index in [0.717, 1.165) is 44.2 Å². The van der Waals surface area contributed by atoms with Crippen molar-refractivity contribution >= 4 is 17.8 Å². The van der Waals surface area contributed by atoms with E-state index in [1.165, 1.54) is 18.5 Å². The molecule has 1 aliphatic heterocycles. The maximum absolute atomic E-state index is 11.1. The van der Waals surface area contributed by atoms with Gasteiger partial charge in [-0.25, -0.2) is 0 Å². The van der Waals surface area contributed by atoms with Crippen molar-refractivity contribution in [2.45, 2.75) is 39.0 Å². The van der Waals surface area contributed by atoms with E-state index in [2.05, 4.69) is 4.90 Å². The molecule has 1 aromatic carbocycles. The van der Waals surface area contributed by atoms with Crippen LogP contribution in [0, 0.1) is 5.92 Å². The monoisotopic (exact) mass is 273 g/mol. The van der Waals surface area contributed by atoms with Gasteiger partial charge in [0.05, 0.1) is 0 Å². The Morgan fingerprint density at radius 2 is 2.00 bits per heavy atom. The molecular formula is C17H23NO2. The number of aldehydes is 1. The molecule has 0 saturated carbocycles. The summed E-state index contributed by atoms with van der Waals surface area (Å²) in [6.45, 7) is 3.79. The first-order chi connectivity index (χ1) is 9.69. The first kappa shape index (κ1) is 14.8. The van der Waals surface area contributed by atoms with E-state index in [9.17, 15) is 9.59 Å². The van der Waals surface area contributed by atoms with Crippen LogP contribution in [0.2, 0.25) is 0 Å². The number of carbonyl (C=O) groups is 2. The number of rotatable bonds is 5. The Labute approximate surface area is 121 Å². The first-order valence-corrected chi connectivity index (χ1v) is 7.48. The molecule has 1 fully saturated rings. The summed E-state index contributed by atoms with van der Waals surface area (Å²) in [5.41, 5.74) is 1.92. The van der Waals surface area contributed by atoms with Crippen LogP contribution in [0.3, 0.4) is 0 Å². The maximum atomic E-state index is 11.1. The van der Waals surface area contributed by atoms with Gasteiger partial charge in [-0.1, -0.05) is 0 Å². The Morgan fingerprint density at radius 3 is 2.65 bits per heavy atom. The van der Waals surface area contributed by atoms with Gasteiger partial charge in [0.15, 0.2) is 0 Å². The summed E-state index contributed by atoms with van der Waals surface area (Å²) in [6, 6.07) is 7.81. The lowest BCUT2D eigenvalue weighted by molar-refractivity contribution is -0.117. The summed E-state index contributed by atoms with van der Waals surface area (Å²) in [5.74, 6) is 0.980. The maximum Gasteiger partial charge on any atom is 0.150 e. The average molecular weight is 273 g/mol. The standard InChI is InChI=1S/C17H23NO2/c1-14(20)4-5-15-3-2-11-18(12-10-15)17-8-6-16(13-19)7-9-17/h6-9,13,15H,2-5,10-12H2,1H3. The molecule has 1 atom stereocenters. The van der Waals surface area contributed by atoms with Crippen LogP contribution in [0.4, 0.5) is 5.69 Å². The summed E-state index contributed by atoms with van der Waals surface area (Å²) < 4.78 is 0. The number of benzene rings is 1. The molecular weight excluding hydrogens is 250 g/mol. The van der Waals surface area contributed by atoms with Crippen LogP contribution in [0.5, 0.6) is 0 Å². The van der Waals surface area contributed by atoms with Gasteiger partial charge in [0.2, 0.25) is 0 Å². The minimum atomic E-state index is 0.301. The fourth-order valence-electron chi connectivity index (χ4n) is 2.88. The highest BCUT2D eigenvalue weighted by Gasteiger charge is 2.17. The smallest absolute Gasteiger partial charge is 0.150 e. The van der Waals surface area contributed by atoms with Gasteiger partial charge in [-0.15, -0.1) is 0 Å². The quantitative estimate of drug-likeness (QED) is 0.771. The van der Waals surface area contributed by atoms with Gasteiger partial charge in [-0.3, -0.25) is 4.79 Å². The van der Waals surface area contributed by atoms with Crippen LogP contribution in [0.15, 0.2) is 24.3 Å². The Bertz CT molecular complexity index is 453. The fraction of sp³-hybridized carbons (Fsp3) is 0.529. The predicted molar refractivity (Wildman–Crippen MR) is 81.3 cm³/mol. The number of ketones is 1. The largest absolute Gasteiger partial charge is 0.372 e. The van der Waals surface area contributed by atoms with Crippen molar-refractivity contribution in [3.63, 3.8) is 0 Å². The third-order valence-electron chi connectivity index (χ3n) is 4.15. The second-order valence-electron chi connectivity index (χ2n) is 5.73. The Balaban J connectivity index is 1.91. The molecule has 20 heavy (non-hydrogen) atoms. The molecule has 3 heteroatoms. The van der Waals surface area contributed by atoms with Crippen LogP contribution >= 0.6 is 0 Å². The molecule has 1 saturated heterocycles. The molecule has 0 bridgehead atoms. The average Bonchev–Trinajstić information content (AvgIpc) is 2.71. The van der Waals surface area contributed by atoms with Gasteiger partial charge in [0.1, 0.15) is 12.1 Å². The Hall–Kier alpha value is -1.64. The highest BCUT2D eigenvalue weighted by Crippen LogP contribution is 2.25. The number of carbonyl (C=O) groups excluding carboxylic acids is 2. The first-order valence-electron chi connectivity index (χ1n) is 7.48. The fourth-order valence-corrected chi connectivity index (χ4v) is 2.88. The Kier molecular flexibility index (Phi) is 5.33. The van der Waals surface area contributed by atoms with Crippen molar-refractivity contribution in [3.8, 4) is 0 Å². The molecule has 0 N–H and O–H groups in total. The minimum Gasteiger partial charge on any atom is -0.372 e. The number of Topliss-reactive ketones (excluding diaryl/α,β-unsaturated/α-hetero) is 1. The lowest BCUT2D eigenvalue weighted by Crippen LogP contribution is -2.24. The molecule has 0 aliphatic carbocycles. The highest BCUT2D eigenvalue weighted by atomic mass is 16.1. The van der Waals surface area contributed by atoms with Crippen molar-refractivity contribution in [2.75, 3.05) is 18.0 Å². The van der Waals surface area contributed by atoms with E-state index >= 15 is 0 Å². The summed E-state index contributed by atoms with van der Waals surface area (Å²) in [6.07, 6.45) is 6.19. The van der Waals surface area contributed by atoms with Gasteiger partial charge >= 0.3 is 0 Å². The van der Waals surface area contributed by atoms with E-state index < -0.39 is 0 Å². The SMILES string of the molecule is CC(=O)CCC1CCCN(c2ccc(C=O)cc2)CC1. The van der Waals surface area contributed by atoms with Gasteiger partial charge in [0.25, 0.3) is 0 Å². The van der Waals surface area contributed by atoms with Crippen LogP contribution < -0.4 is 4.90 Å². The zero-order valence-corrected chi connectivity index (χ0v) is 12.2. The molecule has 0 spiro atoms. The lowest BCUT2D eigenvalue weighted by atomic mass is 9.94. The second-order valence-corrected chi connectivity index (χ2v) is 5.73. The summed E-state index contributed by atoms with van der Waals surface area (Å²) >= 11 is 0. The van der Waals surface area contributed by atoms with Crippen LogP contribution in [-0.2, 0) is 4.79 Å². The van der Waals surface area contributed by atoms with Gasteiger partial charge in [-0.2, -0.15) is 0 Å². The summed E-state index contributed by atoms with van der Waals surface area (Å²) in [4.78, 5) is 24.1. The molecule has 0 aromatic heterocycles. The highest BCUT2D eigenvalue weighted by molar-refractivity contribution is 5.76. The van der Waals surface area contributed by atoms with E-state index in [4.69, 9.17) is 0 Å². The van der Waals surface area contributed by atoms with Crippen molar-refractivity contribution < 1.29 is 9.59 Å². The molecule has 3 nitrogen and oxygen atoms in total. The van der Waals surface area contributed by atoms with E-state index in [1.807, 2.05) is 24.3 Å². The molecule has 0 amide bonds. The number of hydrogen-bond acceptors (Lipinski definition) is 3. The third kappa shape index (κ3) is 4.19. The van der Waals surface area contributed by atoms with Crippen molar-refractivity contribution in [1.82, 2.24) is 0 Å². The second kappa shape index (κ2) is 7.22. The van der Waals surface area contributed by atoms with E-state index in [0.29, 0.717) is 11.7 Å². The van der Waals surface area contributed by atoms with Gasteiger partial charge in [-0.05, 0) is 62.8 Å². The Morgan fingerprint density at radius 1 is 1.25 bits per heavy atom. The predicted octanol–water partition coefficient (Wildman–Crippen LogP) is 3.47. The minimum absolute atomic E-state index is 0.301. The van der Waals surface area contributed by atoms with Gasteiger partial charge in [0, 0.05) is 30.8 Å². The molecule has 1 aliphatic rings. The zero-order chi connectivity index (χ0) is 14.4. The van der Waals surface area contributed by atoms with Crippen molar-refractivity contribution in [1.29, 1.82) is 0 Å². The van der Waals surface area contributed by atoms with E-state index in [-0.39, 0.29) is 0 Å². The summed E-state index contributed by atoms with van der Waals surface area (Å²) in [7, 11) is 0. The normalized spacial score (nSPS) is 19.4. The van der Waals surface area contributed by atoms with Gasteiger partial charge < -0.3 is 9.69 Å². The van der Waals surface area contributed by atoms with Crippen LogP contribution in [0.25, 0.3) is 0 Å². The molecule has 108 valence electrons. The molecule has 1 heterocycles. The number of hydrogen-bond donors (Lipinski definition) is 0. The van der Waals surface area contributed by atoms with Crippen molar-refractivity contribution in [3.05, 3.63) is 29.8 Å².